The summed E-state index contributed by atoms with van der Waals surface area (Å²) < 4.78 is 0. The SMILES string of the molecule is CCCN(CC1CC1)C(=O)CSC1CCNCC1. The third-order valence-corrected chi connectivity index (χ3v) is 5.11. The number of hydrogen-bond acceptors (Lipinski definition) is 3. The number of rotatable bonds is 7. The first kappa shape index (κ1) is 14.2. The van der Waals surface area contributed by atoms with E-state index in [1.54, 1.807) is 0 Å². The maximum Gasteiger partial charge on any atom is 0.232 e. The summed E-state index contributed by atoms with van der Waals surface area (Å²) in [5, 5.41) is 4.07. The third kappa shape index (κ3) is 4.81. The maximum atomic E-state index is 12.2. The normalized spacial score (nSPS) is 20.9. The van der Waals surface area contributed by atoms with E-state index in [0.29, 0.717) is 16.9 Å². The molecule has 1 saturated heterocycles. The van der Waals surface area contributed by atoms with Gasteiger partial charge < -0.3 is 10.2 Å². The Bertz CT molecular complexity index is 263. The summed E-state index contributed by atoms with van der Waals surface area (Å²) in [7, 11) is 0. The lowest BCUT2D eigenvalue weighted by atomic mass is 10.2. The fraction of sp³-hybridized carbons (Fsp3) is 0.929. The molecule has 1 N–H and O–H groups in total. The van der Waals surface area contributed by atoms with Gasteiger partial charge in [0, 0.05) is 18.3 Å². The van der Waals surface area contributed by atoms with E-state index < -0.39 is 0 Å². The van der Waals surface area contributed by atoms with E-state index in [4.69, 9.17) is 0 Å². The average molecular weight is 270 g/mol. The molecule has 0 atom stereocenters. The molecule has 1 aliphatic heterocycles. The molecule has 3 nitrogen and oxygen atoms in total. The Morgan fingerprint density at radius 2 is 2.00 bits per heavy atom. The quantitative estimate of drug-likeness (QED) is 0.769. The number of carbonyl (C=O) groups excluding carboxylic acids is 1. The van der Waals surface area contributed by atoms with Crippen LogP contribution in [0.5, 0.6) is 0 Å². The molecule has 1 heterocycles. The van der Waals surface area contributed by atoms with Crippen LogP contribution in [0.1, 0.15) is 39.0 Å². The molecule has 0 radical (unpaired) electrons. The van der Waals surface area contributed by atoms with Gasteiger partial charge >= 0.3 is 0 Å². The number of thioether (sulfide) groups is 1. The van der Waals surface area contributed by atoms with Crippen LogP contribution < -0.4 is 5.32 Å². The van der Waals surface area contributed by atoms with E-state index in [-0.39, 0.29) is 0 Å². The largest absolute Gasteiger partial charge is 0.342 e. The predicted molar refractivity (Wildman–Crippen MR) is 77.9 cm³/mol. The summed E-state index contributed by atoms with van der Waals surface area (Å²) in [6.07, 6.45) is 6.17. The van der Waals surface area contributed by atoms with Crippen LogP contribution in [0.25, 0.3) is 0 Å². The molecule has 0 aromatic carbocycles. The van der Waals surface area contributed by atoms with Gasteiger partial charge in [0.2, 0.25) is 5.91 Å². The van der Waals surface area contributed by atoms with Crippen molar-refractivity contribution in [1.29, 1.82) is 0 Å². The molecule has 1 saturated carbocycles. The predicted octanol–water partition coefficient (Wildman–Crippen LogP) is 2.12. The molecule has 104 valence electrons. The highest BCUT2D eigenvalue weighted by Crippen LogP contribution is 2.30. The van der Waals surface area contributed by atoms with Gasteiger partial charge in [-0.05, 0) is 51.1 Å². The van der Waals surface area contributed by atoms with Gasteiger partial charge in [0.15, 0.2) is 0 Å². The molecule has 0 aromatic heterocycles. The van der Waals surface area contributed by atoms with Gasteiger partial charge in [-0.15, -0.1) is 11.8 Å². The molecule has 0 unspecified atom stereocenters. The first-order chi connectivity index (χ1) is 8.79. The number of piperidine rings is 1. The monoisotopic (exact) mass is 270 g/mol. The minimum atomic E-state index is 0.368. The summed E-state index contributed by atoms with van der Waals surface area (Å²) in [5.41, 5.74) is 0. The van der Waals surface area contributed by atoms with Gasteiger partial charge in [-0.2, -0.15) is 0 Å². The van der Waals surface area contributed by atoms with Crippen LogP contribution >= 0.6 is 11.8 Å². The second-order valence-corrected chi connectivity index (χ2v) is 6.83. The second-order valence-electron chi connectivity index (χ2n) is 5.54. The smallest absolute Gasteiger partial charge is 0.232 e. The van der Waals surface area contributed by atoms with Gasteiger partial charge in [-0.1, -0.05) is 6.92 Å². The Morgan fingerprint density at radius 3 is 2.61 bits per heavy atom. The lowest BCUT2D eigenvalue weighted by Gasteiger charge is -2.25. The number of amides is 1. The second kappa shape index (κ2) is 7.39. The van der Waals surface area contributed by atoms with Crippen molar-refractivity contribution < 1.29 is 4.79 Å². The number of carbonyl (C=O) groups is 1. The highest BCUT2D eigenvalue weighted by Gasteiger charge is 2.26. The molecule has 18 heavy (non-hydrogen) atoms. The Balaban J connectivity index is 1.69. The third-order valence-electron chi connectivity index (χ3n) is 3.75. The summed E-state index contributed by atoms with van der Waals surface area (Å²) in [6, 6.07) is 0. The van der Waals surface area contributed by atoms with Crippen LogP contribution in [-0.4, -0.2) is 48.0 Å². The van der Waals surface area contributed by atoms with Gasteiger partial charge in [-0.25, -0.2) is 0 Å². The van der Waals surface area contributed by atoms with Crippen molar-refractivity contribution in [3.63, 3.8) is 0 Å². The van der Waals surface area contributed by atoms with Gasteiger partial charge in [0.05, 0.1) is 5.75 Å². The number of nitrogens with one attached hydrogen (secondary N) is 1. The summed E-state index contributed by atoms with van der Waals surface area (Å²) in [5.74, 6) is 1.87. The van der Waals surface area contributed by atoms with Gasteiger partial charge in [0.1, 0.15) is 0 Å². The van der Waals surface area contributed by atoms with Crippen LogP contribution in [-0.2, 0) is 4.79 Å². The fourth-order valence-corrected chi connectivity index (χ4v) is 3.57. The molecule has 4 heteroatoms. The van der Waals surface area contributed by atoms with E-state index in [0.717, 1.165) is 38.5 Å². The van der Waals surface area contributed by atoms with Crippen LogP contribution in [0.4, 0.5) is 0 Å². The van der Waals surface area contributed by atoms with Gasteiger partial charge in [-0.3, -0.25) is 4.79 Å². The van der Waals surface area contributed by atoms with Crippen molar-refractivity contribution in [2.45, 2.75) is 44.3 Å². The highest BCUT2D eigenvalue weighted by molar-refractivity contribution is 8.00. The summed E-state index contributed by atoms with van der Waals surface area (Å²) in [6.45, 7) is 6.36. The lowest BCUT2D eigenvalue weighted by molar-refractivity contribution is -0.128. The van der Waals surface area contributed by atoms with E-state index in [1.807, 2.05) is 11.8 Å². The Labute approximate surface area is 115 Å². The molecule has 1 aliphatic carbocycles. The Hall–Kier alpha value is -0.220. The van der Waals surface area contributed by atoms with Crippen molar-refractivity contribution >= 4 is 17.7 Å². The van der Waals surface area contributed by atoms with Crippen molar-refractivity contribution in [1.82, 2.24) is 10.2 Å². The van der Waals surface area contributed by atoms with Crippen molar-refractivity contribution in [3.8, 4) is 0 Å². The van der Waals surface area contributed by atoms with Crippen LogP contribution in [0.2, 0.25) is 0 Å². The fourth-order valence-electron chi connectivity index (χ4n) is 2.44. The molecule has 2 aliphatic rings. The Kier molecular flexibility index (Phi) is 5.83. The summed E-state index contributed by atoms with van der Waals surface area (Å²) in [4.78, 5) is 14.3. The molecule has 1 amide bonds. The molecule has 0 aromatic rings. The van der Waals surface area contributed by atoms with Crippen LogP contribution in [0, 0.1) is 5.92 Å². The van der Waals surface area contributed by atoms with Crippen molar-refractivity contribution in [3.05, 3.63) is 0 Å². The van der Waals surface area contributed by atoms with Crippen molar-refractivity contribution in [2.75, 3.05) is 31.9 Å². The molecule has 2 rings (SSSR count). The molecular weight excluding hydrogens is 244 g/mol. The van der Waals surface area contributed by atoms with E-state index in [2.05, 4.69) is 17.1 Å². The topological polar surface area (TPSA) is 32.3 Å². The standard InChI is InChI=1S/C14H26N2OS/c1-2-9-16(10-12-3-4-12)14(17)11-18-13-5-7-15-8-6-13/h12-13,15H,2-11H2,1H3. The molecular formula is C14H26N2OS. The molecule has 0 spiro atoms. The van der Waals surface area contributed by atoms with Gasteiger partial charge in [0.25, 0.3) is 0 Å². The first-order valence-electron chi connectivity index (χ1n) is 7.39. The van der Waals surface area contributed by atoms with Crippen LogP contribution in [0.15, 0.2) is 0 Å². The molecule has 2 fully saturated rings. The van der Waals surface area contributed by atoms with Crippen LogP contribution in [0.3, 0.4) is 0 Å². The lowest BCUT2D eigenvalue weighted by Crippen LogP contribution is -2.36. The maximum absolute atomic E-state index is 12.2. The summed E-state index contributed by atoms with van der Waals surface area (Å²) >= 11 is 1.88. The first-order valence-corrected chi connectivity index (χ1v) is 8.44. The highest BCUT2D eigenvalue weighted by atomic mass is 32.2. The minimum Gasteiger partial charge on any atom is -0.342 e. The zero-order chi connectivity index (χ0) is 12.8. The Morgan fingerprint density at radius 1 is 1.28 bits per heavy atom. The van der Waals surface area contributed by atoms with E-state index in [9.17, 15) is 4.79 Å². The zero-order valence-corrected chi connectivity index (χ0v) is 12.3. The average Bonchev–Trinajstić information content (AvgIpc) is 3.21. The van der Waals surface area contributed by atoms with E-state index in [1.165, 1.54) is 25.7 Å². The van der Waals surface area contributed by atoms with Crippen molar-refractivity contribution in [2.24, 2.45) is 5.92 Å². The number of hydrogen-bond donors (Lipinski definition) is 1. The van der Waals surface area contributed by atoms with E-state index >= 15 is 0 Å². The number of nitrogens with zero attached hydrogens (tertiary/aromatic N) is 1. The zero-order valence-electron chi connectivity index (χ0n) is 11.5. The molecule has 0 bridgehead atoms. The minimum absolute atomic E-state index is 0.368.